The smallest absolute Gasteiger partial charge is 0.240 e. The van der Waals surface area contributed by atoms with Gasteiger partial charge in [-0.2, -0.15) is 0 Å². The molecule has 1 heterocycles. The fourth-order valence-electron chi connectivity index (χ4n) is 3.06. The van der Waals surface area contributed by atoms with Gasteiger partial charge in [-0.15, -0.1) is 0 Å². The predicted octanol–water partition coefficient (Wildman–Crippen LogP) is 1.23. The summed E-state index contributed by atoms with van der Waals surface area (Å²) in [7, 11) is 0. The lowest BCUT2D eigenvalue weighted by Crippen LogP contribution is -2.43. The second kappa shape index (κ2) is 7.78. The van der Waals surface area contributed by atoms with Gasteiger partial charge in [0.1, 0.15) is 0 Å². The molecule has 2 rings (SSSR count). The van der Waals surface area contributed by atoms with Crippen LogP contribution in [0, 0.1) is 5.92 Å². The number of imide groups is 1. The van der Waals surface area contributed by atoms with Gasteiger partial charge in [-0.3, -0.25) is 19.3 Å². The molecule has 1 aliphatic heterocycles. The number of hydrogen-bond acceptors (Lipinski definition) is 4. The molecular formula is C19H26N2O4. The summed E-state index contributed by atoms with van der Waals surface area (Å²) in [5.74, 6) is -0.696. The summed E-state index contributed by atoms with van der Waals surface area (Å²) < 4.78 is 0. The van der Waals surface area contributed by atoms with Gasteiger partial charge in [0.25, 0.3) is 0 Å². The largest absolute Gasteiger partial charge is 0.394 e. The molecule has 1 saturated heterocycles. The molecule has 1 aliphatic rings. The summed E-state index contributed by atoms with van der Waals surface area (Å²) >= 11 is 0. The van der Waals surface area contributed by atoms with Crippen LogP contribution >= 0.6 is 0 Å². The van der Waals surface area contributed by atoms with Crippen LogP contribution in [0.2, 0.25) is 0 Å². The standard InChI is InChI=1S/C19H26N2O4/c1-13(2)15(12-22)20-16(23)9-10-21-17(24)11-19(3,18(21)25)14-7-5-4-6-8-14/h4-8,13,15,22H,9-12H2,1-3H3,(H,20,23)/t15-,19+/m1/s1. The van der Waals surface area contributed by atoms with E-state index in [0.717, 1.165) is 5.56 Å². The van der Waals surface area contributed by atoms with Gasteiger partial charge in [-0.25, -0.2) is 0 Å². The van der Waals surface area contributed by atoms with E-state index >= 15 is 0 Å². The Hall–Kier alpha value is -2.21. The first-order valence-electron chi connectivity index (χ1n) is 8.60. The van der Waals surface area contributed by atoms with Crippen molar-refractivity contribution < 1.29 is 19.5 Å². The molecular weight excluding hydrogens is 320 g/mol. The van der Waals surface area contributed by atoms with Crippen molar-refractivity contribution >= 4 is 17.7 Å². The van der Waals surface area contributed by atoms with Crippen molar-refractivity contribution in [3.8, 4) is 0 Å². The third-order valence-corrected chi connectivity index (χ3v) is 4.84. The zero-order valence-electron chi connectivity index (χ0n) is 15.0. The Balaban J connectivity index is 2.00. The maximum absolute atomic E-state index is 12.8. The number of aliphatic hydroxyl groups excluding tert-OH is 1. The summed E-state index contributed by atoms with van der Waals surface area (Å²) in [6, 6.07) is 8.91. The summed E-state index contributed by atoms with van der Waals surface area (Å²) in [5.41, 5.74) is -0.0686. The van der Waals surface area contributed by atoms with E-state index in [1.54, 1.807) is 6.92 Å². The van der Waals surface area contributed by atoms with E-state index in [4.69, 9.17) is 0 Å². The molecule has 2 N–H and O–H groups in total. The van der Waals surface area contributed by atoms with Crippen molar-refractivity contribution in [2.45, 2.75) is 45.1 Å². The Bertz CT molecular complexity index is 644. The van der Waals surface area contributed by atoms with Crippen LogP contribution < -0.4 is 5.32 Å². The van der Waals surface area contributed by atoms with Gasteiger partial charge in [0.15, 0.2) is 0 Å². The van der Waals surface area contributed by atoms with Gasteiger partial charge in [0.2, 0.25) is 17.7 Å². The highest BCUT2D eigenvalue weighted by molar-refractivity contribution is 6.09. The van der Waals surface area contributed by atoms with E-state index in [0.29, 0.717) is 0 Å². The van der Waals surface area contributed by atoms with Gasteiger partial charge in [-0.05, 0) is 18.4 Å². The van der Waals surface area contributed by atoms with E-state index in [1.807, 2.05) is 44.2 Å². The number of nitrogens with zero attached hydrogens (tertiary/aromatic N) is 1. The summed E-state index contributed by atoms with van der Waals surface area (Å²) in [6.07, 6.45) is 0.147. The number of carbonyl (C=O) groups excluding carboxylic acids is 3. The number of amides is 3. The van der Waals surface area contributed by atoms with Gasteiger partial charge < -0.3 is 10.4 Å². The molecule has 1 aromatic rings. The lowest BCUT2D eigenvalue weighted by Gasteiger charge is -2.23. The Kier molecular flexibility index (Phi) is 5.95. The molecule has 0 bridgehead atoms. The van der Waals surface area contributed by atoms with Crippen LogP contribution in [-0.2, 0) is 19.8 Å². The van der Waals surface area contributed by atoms with Gasteiger partial charge >= 0.3 is 0 Å². The highest BCUT2D eigenvalue weighted by atomic mass is 16.3. The molecule has 0 spiro atoms. The van der Waals surface area contributed by atoms with Crippen molar-refractivity contribution in [3.63, 3.8) is 0 Å². The predicted molar refractivity (Wildman–Crippen MR) is 93.6 cm³/mol. The van der Waals surface area contributed by atoms with Gasteiger partial charge in [-0.1, -0.05) is 44.2 Å². The van der Waals surface area contributed by atoms with Crippen LogP contribution in [-0.4, -0.2) is 46.9 Å². The van der Waals surface area contributed by atoms with Crippen molar-refractivity contribution in [2.24, 2.45) is 5.92 Å². The van der Waals surface area contributed by atoms with Crippen molar-refractivity contribution in [1.82, 2.24) is 10.2 Å². The maximum atomic E-state index is 12.8. The number of benzene rings is 1. The SMILES string of the molecule is CC(C)[C@@H](CO)NC(=O)CCN1C(=O)C[C@@](C)(c2ccccc2)C1=O. The average molecular weight is 346 g/mol. The van der Waals surface area contributed by atoms with Crippen LogP contribution in [0.1, 0.15) is 39.2 Å². The molecule has 0 unspecified atom stereocenters. The highest BCUT2D eigenvalue weighted by Crippen LogP contribution is 2.36. The number of likely N-dealkylation sites (tertiary alicyclic amines) is 1. The normalized spacial score (nSPS) is 21.7. The topological polar surface area (TPSA) is 86.7 Å². The molecule has 0 saturated carbocycles. The molecule has 1 fully saturated rings. The van der Waals surface area contributed by atoms with Crippen LogP contribution in [0.4, 0.5) is 0 Å². The lowest BCUT2D eigenvalue weighted by molar-refractivity contribution is -0.140. The van der Waals surface area contributed by atoms with Crippen molar-refractivity contribution in [2.75, 3.05) is 13.2 Å². The van der Waals surface area contributed by atoms with Gasteiger partial charge in [0, 0.05) is 19.4 Å². The summed E-state index contributed by atoms with van der Waals surface area (Å²) in [4.78, 5) is 38.3. The Labute approximate surface area is 148 Å². The second-order valence-corrected chi connectivity index (χ2v) is 7.08. The molecule has 136 valence electrons. The summed E-state index contributed by atoms with van der Waals surface area (Å²) in [5, 5.41) is 12.0. The molecule has 0 aliphatic carbocycles. The Morgan fingerprint density at radius 2 is 1.92 bits per heavy atom. The quantitative estimate of drug-likeness (QED) is 0.727. The Morgan fingerprint density at radius 1 is 1.28 bits per heavy atom. The van der Waals surface area contributed by atoms with E-state index in [1.165, 1.54) is 4.90 Å². The third kappa shape index (κ3) is 4.07. The Morgan fingerprint density at radius 3 is 2.48 bits per heavy atom. The molecule has 6 nitrogen and oxygen atoms in total. The number of aliphatic hydroxyl groups is 1. The first-order valence-corrected chi connectivity index (χ1v) is 8.60. The van der Waals surface area contributed by atoms with E-state index in [-0.39, 0.29) is 55.7 Å². The maximum Gasteiger partial charge on any atom is 0.240 e. The number of carbonyl (C=O) groups is 3. The first kappa shape index (κ1) is 19.1. The minimum absolute atomic E-state index is 0.0333. The zero-order chi connectivity index (χ0) is 18.6. The molecule has 6 heteroatoms. The minimum Gasteiger partial charge on any atom is -0.394 e. The molecule has 2 atom stereocenters. The molecule has 25 heavy (non-hydrogen) atoms. The van der Waals surface area contributed by atoms with Gasteiger partial charge in [0.05, 0.1) is 18.1 Å². The molecule has 0 aromatic heterocycles. The molecule has 1 aromatic carbocycles. The first-order chi connectivity index (χ1) is 11.8. The van der Waals surface area contributed by atoms with Crippen LogP contribution in [0.5, 0.6) is 0 Å². The summed E-state index contributed by atoms with van der Waals surface area (Å²) in [6.45, 7) is 5.49. The zero-order valence-corrected chi connectivity index (χ0v) is 15.0. The monoisotopic (exact) mass is 346 g/mol. The van der Waals surface area contributed by atoms with E-state index < -0.39 is 5.41 Å². The lowest BCUT2D eigenvalue weighted by atomic mass is 9.81. The fraction of sp³-hybridized carbons (Fsp3) is 0.526. The highest BCUT2D eigenvalue weighted by Gasteiger charge is 2.49. The van der Waals surface area contributed by atoms with Crippen LogP contribution in [0.3, 0.4) is 0 Å². The van der Waals surface area contributed by atoms with E-state index in [2.05, 4.69) is 5.32 Å². The van der Waals surface area contributed by atoms with Crippen molar-refractivity contribution in [1.29, 1.82) is 0 Å². The third-order valence-electron chi connectivity index (χ3n) is 4.84. The van der Waals surface area contributed by atoms with Crippen LogP contribution in [0.15, 0.2) is 30.3 Å². The van der Waals surface area contributed by atoms with Crippen molar-refractivity contribution in [3.05, 3.63) is 35.9 Å². The number of nitrogens with one attached hydrogen (secondary N) is 1. The second-order valence-electron chi connectivity index (χ2n) is 7.08. The molecule has 0 radical (unpaired) electrons. The molecule has 3 amide bonds. The fourth-order valence-corrected chi connectivity index (χ4v) is 3.06. The number of hydrogen-bond donors (Lipinski definition) is 2. The minimum atomic E-state index is -0.875. The van der Waals surface area contributed by atoms with Crippen LogP contribution in [0.25, 0.3) is 0 Å². The average Bonchev–Trinajstić information content (AvgIpc) is 2.81. The van der Waals surface area contributed by atoms with E-state index in [9.17, 15) is 19.5 Å². The number of rotatable bonds is 7.